The number of hydrogen-bond acceptors (Lipinski definition) is 7. The molecule has 2 N–H and O–H groups in total. The van der Waals surface area contributed by atoms with E-state index in [0.717, 1.165) is 5.01 Å². The van der Waals surface area contributed by atoms with E-state index in [0.29, 0.717) is 22.2 Å². The van der Waals surface area contributed by atoms with Crippen LogP contribution in [-0.4, -0.2) is 41.8 Å². The fourth-order valence-corrected chi connectivity index (χ4v) is 2.86. The minimum Gasteiger partial charge on any atom is -0.493 e. The number of methoxy groups -OCH3 is 1. The quantitative estimate of drug-likeness (QED) is 0.716. The van der Waals surface area contributed by atoms with Crippen LogP contribution >= 0.6 is 11.3 Å². The Bertz CT molecular complexity index is 804. The van der Waals surface area contributed by atoms with Crippen molar-refractivity contribution in [3.8, 4) is 11.5 Å². The van der Waals surface area contributed by atoms with E-state index in [9.17, 15) is 9.59 Å². The lowest BCUT2D eigenvalue weighted by molar-refractivity contribution is -0.123. The standard InChI is InChI=1S/C18H24N4O4S/c1-10(2)17-21-22-18(27-17)20-16(24)12-6-7-13(14(8-12)25-5)26-9-15(23)19-11(3)4/h6-8,10-11H,9H2,1-5H3,(H,19,23)(H,20,22,24). The molecule has 0 spiro atoms. The lowest BCUT2D eigenvalue weighted by Gasteiger charge is -2.13. The van der Waals surface area contributed by atoms with Crippen molar-refractivity contribution < 1.29 is 19.1 Å². The molecule has 0 aliphatic heterocycles. The van der Waals surface area contributed by atoms with Crippen molar-refractivity contribution in [2.24, 2.45) is 0 Å². The van der Waals surface area contributed by atoms with Gasteiger partial charge in [0.1, 0.15) is 5.01 Å². The number of carbonyl (C=O) groups excluding carboxylic acids is 2. The maximum absolute atomic E-state index is 12.4. The maximum Gasteiger partial charge on any atom is 0.258 e. The number of rotatable bonds is 8. The van der Waals surface area contributed by atoms with Crippen LogP contribution in [0, 0.1) is 0 Å². The zero-order chi connectivity index (χ0) is 20.0. The van der Waals surface area contributed by atoms with Gasteiger partial charge in [-0.1, -0.05) is 25.2 Å². The van der Waals surface area contributed by atoms with Gasteiger partial charge in [0.05, 0.1) is 7.11 Å². The Labute approximate surface area is 162 Å². The Hall–Kier alpha value is -2.68. The molecule has 0 atom stereocenters. The van der Waals surface area contributed by atoms with Crippen molar-refractivity contribution in [3.05, 3.63) is 28.8 Å². The summed E-state index contributed by atoms with van der Waals surface area (Å²) < 4.78 is 10.8. The highest BCUT2D eigenvalue weighted by molar-refractivity contribution is 7.15. The van der Waals surface area contributed by atoms with Gasteiger partial charge in [-0.3, -0.25) is 14.9 Å². The number of hydrogen-bond donors (Lipinski definition) is 2. The van der Waals surface area contributed by atoms with Gasteiger partial charge in [0, 0.05) is 17.5 Å². The second kappa shape index (κ2) is 9.31. The first kappa shape index (κ1) is 20.6. The molecule has 0 aliphatic rings. The van der Waals surface area contributed by atoms with E-state index in [4.69, 9.17) is 9.47 Å². The molecule has 0 fully saturated rings. The lowest BCUT2D eigenvalue weighted by atomic mass is 10.2. The van der Waals surface area contributed by atoms with Crippen LogP contribution in [0.5, 0.6) is 11.5 Å². The molecule has 9 heteroatoms. The zero-order valence-corrected chi connectivity index (χ0v) is 16.8. The highest BCUT2D eigenvalue weighted by atomic mass is 32.1. The predicted molar refractivity (Wildman–Crippen MR) is 104 cm³/mol. The summed E-state index contributed by atoms with van der Waals surface area (Å²) in [4.78, 5) is 24.1. The normalized spacial score (nSPS) is 10.8. The largest absolute Gasteiger partial charge is 0.493 e. The second-order valence-corrected chi connectivity index (χ2v) is 7.44. The number of anilines is 1. The molecular formula is C18H24N4O4S. The topological polar surface area (TPSA) is 102 Å². The lowest BCUT2D eigenvalue weighted by Crippen LogP contribution is -2.34. The number of nitrogens with one attached hydrogen (secondary N) is 2. The first-order valence-electron chi connectivity index (χ1n) is 8.55. The Morgan fingerprint density at radius 1 is 1.15 bits per heavy atom. The van der Waals surface area contributed by atoms with E-state index in [1.807, 2.05) is 27.7 Å². The third-order valence-corrected chi connectivity index (χ3v) is 4.53. The summed E-state index contributed by atoms with van der Waals surface area (Å²) in [6.45, 7) is 7.62. The van der Waals surface area contributed by atoms with Gasteiger partial charge in [-0.05, 0) is 32.0 Å². The molecule has 0 unspecified atom stereocenters. The number of aromatic nitrogens is 2. The molecule has 1 heterocycles. The monoisotopic (exact) mass is 392 g/mol. The molecule has 2 amide bonds. The van der Waals surface area contributed by atoms with Crippen LogP contribution in [-0.2, 0) is 4.79 Å². The molecule has 27 heavy (non-hydrogen) atoms. The Balaban J connectivity index is 2.05. The SMILES string of the molecule is COc1cc(C(=O)Nc2nnc(C(C)C)s2)ccc1OCC(=O)NC(C)C. The summed E-state index contributed by atoms with van der Waals surface area (Å²) >= 11 is 1.34. The average Bonchev–Trinajstić information content (AvgIpc) is 3.08. The van der Waals surface area contributed by atoms with E-state index >= 15 is 0 Å². The molecule has 0 radical (unpaired) electrons. The summed E-state index contributed by atoms with van der Waals surface area (Å²) in [7, 11) is 1.47. The van der Waals surface area contributed by atoms with Crippen molar-refractivity contribution >= 4 is 28.3 Å². The van der Waals surface area contributed by atoms with Gasteiger partial charge in [-0.2, -0.15) is 0 Å². The minimum atomic E-state index is -0.330. The molecule has 0 saturated heterocycles. The van der Waals surface area contributed by atoms with Crippen LogP contribution in [0.1, 0.15) is 49.0 Å². The van der Waals surface area contributed by atoms with Crippen LogP contribution in [0.3, 0.4) is 0 Å². The minimum absolute atomic E-state index is 0.0330. The van der Waals surface area contributed by atoms with Gasteiger partial charge in [-0.25, -0.2) is 0 Å². The van der Waals surface area contributed by atoms with Gasteiger partial charge in [0.15, 0.2) is 18.1 Å². The molecule has 146 valence electrons. The van der Waals surface area contributed by atoms with Crippen molar-refractivity contribution in [1.29, 1.82) is 0 Å². The Morgan fingerprint density at radius 3 is 2.48 bits per heavy atom. The summed E-state index contributed by atoms with van der Waals surface area (Å²) in [6.07, 6.45) is 0. The molecule has 8 nitrogen and oxygen atoms in total. The van der Waals surface area contributed by atoms with E-state index in [1.165, 1.54) is 18.4 Å². The molecule has 1 aromatic heterocycles. The van der Waals surface area contributed by atoms with Crippen molar-refractivity contribution in [3.63, 3.8) is 0 Å². The molecule has 0 bridgehead atoms. The zero-order valence-electron chi connectivity index (χ0n) is 16.0. The number of nitrogens with zero attached hydrogens (tertiary/aromatic N) is 2. The molecule has 0 aliphatic carbocycles. The number of benzene rings is 1. The van der Waals surface area contributed by atoms with E-state index in [2.05, 4.69) is 20.8 Å². The first-order chi connectivity index (χ1) is 12.8. The van der Waals surface area contributed by atoms with Crippen LogP contribution in [0.15, 0.2) is 18.2 Å². The van der Waals surface area contributed by atoms with Crippen LogP contribution in [0.4, 0.5) is 5.13 Å². The Morgan fingerprint density at radius 2 is 1.89 bits per heavy atom. The highest BCUT2D eigenvalue weighted by Crippen LogP contribution is 2.29. The second-order valence-electron chi connectivity index (χ2n) is 6.43. The predicted octanol–water partition coefficient (Wildman–Crippen LogP) is 2.83. The number of ether oxygens (including phenoxy) is 2. The van der Waals surface area contributed by atoms with Crippen molar-refractivity contribution in [1.82, 2.24) is 15.5 Å². The fourth-order valence-electron chi connectivity index (χ4n) is 2.12. The maximum atomic E-state index is 12.4. The van der Waals surface area contributed by atoms with Gasteiger partial charge >= 0.3 is 0 Å². The molecule has 0 saturated carbocycles. The van der Waals surface area contributed by atoms with Gasteiger partial charge in [0.25, 0.3) is 11.8 Å². The van der Waals surface area contributed by atoms with E-state index in [-0.39, 0.29) is 30.4 Å². The van der Waals surface area contributed by atoms with Gasteiger partial charge < -0.3 is 14.8 Å². The first-order valence-corrected chi connectivity index (χ1v) is 9.36. The Kier molecular flexibility index (Phi) is 7.12. The molecule has 2 aromatic rings. The van der Waals surface area contributed by atoms with Crippen molar-refractivity contribution in [2.75, 3.05) is 19.0 Å². The van der Waals surface area contributed by atoms with E-state index in [1.54, 1.807) is 18.2 Å². The smallest absolute Gasteiger partial charge is 0.258 e. The molecule has 1 aromatic carbocycles. The third-order valence-electron chi connectivity index (χ3n) is 3.39. The van der Waals surface area contributed by atoms with Crippen LogP contribution in [0.25, 0.3) is 0 Å². The summed E-state index contributed by atoms with van der Waals surface area (Å²) in [5.41, 5.74) is 0.382. The van der Waals surface area contributed by atoms with Crippen molar-refractivity contribution in [2.45, 2.75) is 39.7 Å². The molecule has 2 rings (SSSR count). The molecular weight excluding hydrogens is 368 g/mol. The summed E-state index contributed by atoms with van der Waals surface area (Å²) in [5, 5.41) is 14.8. The average molecular weight is 392 g/mol. The van der Waals surface area contributed by atoms with Gasteiger partial charge in [-0.15, -0.1) is 10.2 Å². The fraction of sp³-hybridized carbons (Fsp3) is 0.444. The summed E-state index contributed by atoms with van der Waals surface area (Å²) in [5.74, 6) is 0.429. The van der Waals surface area contributed by atoms with Crippen LogP contribution < -0.4 is 20.1 Å². The van der Waals surface area contributed by atoms with E-state index < -0.39 is 0 Å². The van der Waals surface area contributed by atoms with Gasteiger partial charge in [0.2, 0.25) is 5.13 Å². The number of amides is 2. The highest BCUT2D eigenvalue weighted by Gasteiger charge is 2.15. The third kappa shape index (κ3) is 5.92. The number of carbonyl (C=O) groups is 2. The van der Waals surface area contributed by atoms with Crippen LogP contribution in [0.2, 0.25) is 0 Å². The summed E-state index contributed by atoms with van der Waals surface area (Å²) in [6, 6.07) is 4.77.